The van der Waals surface area contributed by atoms with Crippen LogP contribution < -0.4 is 0 Å². The molecule has 0 atom stereocenters. The molecule has 0 aliphatic rings. The lowest BCUT2D eigenvalue weighted by atomic mass is 9.74. The van der Waals surface area contributed by atoms with Gasteiger partial charge in [0, 0.05) is 4.47 Å². The lowest BCUT2D eigenvalue weighted by molar-refractivity contribution is 1.50. The highest BCUT2D eigenvalue weighted by atomic mass is 79.9. The van der Waals surface area contributed by atoms with Gasteiger partial charge in [0.1, 0.15) is 0 Å². The number of rotatable bonds is 11. The lowest BCUT2D eigenvalue weighted by Crippen LogP contribution is -2.02. The molecular weight excluding hydrogens is 945 g/mol. The summed E-state index contributed by atoms with van der Waals surface area (Å²) in [5.41, 5.74) is 25.5. The highest BCUT2D eigenvalue weighted by Gasteiger charge is 2.30. The summed E-state index contributed by atoms with van der Waals surface area (Å²) in [4.78, 5) is 0. The first kappa shape index (κ1) is 45.3. The summed E-state index contributed by atoms with van der Waals surface area (Å²) in [5, 5.41) is 0. The molecule has 0 amide bonds. The average molecular weight is 994 g/mol. The monoisotopic (exact) mass is 992 g/mol. The molecule has 0 spiro atoms. The van der Waals surface area contributed by atoms with Gasteiger partial charge in [0.25, 0.3) is 0 Å². The van der Waals surface area contributed by atoms with Gasteiger partial charge < -0.3 is 0 Å². The molecule has 0 heterocycles. The summed E-state index contributed by atoms with van der Waals surface area (Å²) in [5.74, 6) is 0. The normalized spacial score (nSPS) is 11.1. The Morgan fingerprint density at radius 3 is 0.616 bits per heavy atom. The minimum absolute atomic E-state index is 0.987. The molecule has 12 rings (SSSR count). The van der Waals surface area contributed by atoms with E-state index in [2.05, 4.69) is 313 Å². The second-order valence-electron chi connectivity index (χ2n) is 18.4. The van der Waals surface area contributed by atoms with Crippen LogP contribution in [0.5, 0.6) is 0 Å². The Morgan fingerprint density at radius 1 is 0.151 bits per heavy atom. The average Bonchev–Trinajstić information content (AvgIpc) is 3.47. The summed E-state index contributed by atoms with van der Waals surface area (Å²) in [7, 11) is 0. The standard InChI is InChI=1S/C72H49Br/c73-61-47-59(63-49-62(50-28-10-1-11-29-50)64(51-30-12-2-13-31-51)66(53-34-16-4-17-35-53)65(63)52-32-14-3-15-33-52)46-60(48-61)72-70(57-42-24-8-25-43-57)68(55-38-20-6-21-39-55)67(54-36-18-5-19-37-54)69(56-40-22-7-23-41-56)71(72)58-44-26-9-27-45-58/h1-49H. The smallest absolute Gasteiger partial charge is 0.0187 e. The van der Waals surface area contributed by atoms with Crippen molar-refractivity contribution in [2.24, 2.45) is 0 Å². The first-order valence-corrected chi connectivity index (χ1v) is 25.7. The van der Waals surface area contributed by atoms with Crippen molar-refractivity contribution in [3.05, 3.63) is 302 Å². The van der Waals surface area contributed by atoms with E-state index >= 15 is 0 Å². The molecule has 0 saturated carbocycles. The Balaban J connectivity index is 1.29. The molecule has 0 unspecified atom stereocenters. The van der Waals surface area contributed by atoms with E-state index in [0.717, 1.165) is 71.2 Å². The van der Waals surface area contributed by atoms with E-state index in [1.54, 1.807) is 0 Å². The molecule has 0 bridgehead atoms. The molecule has 0 aliphatic heterocycles. The maximum absolute atomic E-state index is 4.21. The number of halogens is 1. The second kappa shape index (κ2) is 20.5. The van der Waals surface area contributed by atoms with Crippen molar-refractivity contribution >= 4 is 15.9 Å². The van der Waals surface area contributed by atoms with Gasteiger partial charge in [-0.2, -0.15) is 0 Å². The Morgan fingerprint density at radius 2 is 0.342 bits per heavy atom. The molecule has 344 valence electrons. The van der Waals surface area contributed by atoms with Gasteiger partial charge in [0.05, 0.1) is 0 Å². The Kier molecular flexibility index (Phi) is 12.7. The second-order valence-corrected chi connectivity index (χ2v) is 19.3. The van der Waals surface area contributed by atoms with Crippen molar-refractivity contribution in [3.63, 3.8) is 0 Å². The fourth-order valence-electron chi connectivity index (χ4n) is 10.9. The molecule has 0 nitrogen and oxygen atoms in total. The third kappa shape index (κ3) is 8.86. The topological polar surface area (TPSA) is 0 Å². The maximum atomic E-state index is 4.21. The molecule has 12 aromatic rings. The zero-order valence-corrected chi connectivity index (χ0v) is 41.8. The number of hydrogen-bond donors (Lipinski definition) is 0. The van der Waals surface area contributed by atoms with E-state index in [9.17, 15) is 0 Å². The molecule has 0 aromatic heterocycles. The fourth-order valence-corrected chi connectivity index (χ4v) is 11.3. The SMILES string of the molecule is Brc1cc(-c2cc(-c3ccccc3)c(-c3ccccc3)c(-c3ccccc3)c2-c2ccccc2)cc(-c2c(-c3ccccc3)c(-c3ccccc3)c(-c3ccccc3)c(-c3ccccc3)c2-c2ccccc2)c1. The third-order valence-corrected chi connectivity index (χ3v) is 14.4. The van der Waals surface area contributed by atoms with Crippen LogP contribution in [-0.2, 0) is 0 Å². The van der Waals surface area contributed by atoms with Crippen molar-refractivity contribution in [1.29, 1.82) is 0 Å². The Hall–Kier alpha value is -8.88. The molecule has 73 heavy (non-hydrogen) atoms. The van der Waals surface area contributed by atoms with Gasteiger partial charge >= 0.3 is 0 Å². The van der Waals surface area contributed by atoms with Gasteiger partial charge in [-0.05, 0) is 147 Å². The highest BCUT2D eigenvalue weighted by molar-refractivity contribution is 9.10. The van der Waals surface area contributed by atoms with Crippen LogP contribution in [-0.4, -0.2) is 0 Å². The van der Waals surface area contributed by atoms with Gasteiger partial charge in [0.15, 0.2) is 0 Å². The predicted molar refractivity (Wildman–Crippen MR) is 314 cm³/mol. The maximum Gasteiger partial charge on any atom is 0.0187 e. The van der Waals surface area contributed by atoms with Crippen LogP contribution in [0.4, 0.5) is 0 Å². The largest absolute Gasteiger partial charge is 0.0622 e. The van der Waals surface area contributed by atoms with Gasteiger partial charge in [-0.25, -0.2) is 0 Å². The molecular formula is C72H49Br. The molecule has 0 fully saturated rings. The Bertz CT molecular complexity index is 3720. The minimum atomic E-state index is 0.987. The van der Waals surface area contributed by atoms with Crippen molar-refractivity contribution in [1.82, 2.24) is 0 Å². The fraction of sp³-hybridized carbons (Fsp3) is 0. The van der Waals surface area contributed by atoms with Crippen LogP contribution >= 0.6 is 15.9 Å². The van der Waals surface area contributed by atoms with Crippen LogP contribution in [0.2, 0.25) is 0 Å². The molecule has 0 N–H and O–H groups in total. The van der Waals surface area contributed by atoms with Crippen molar-refractivity contribution in [2.75, 3.05) is 0 Å². The van der Waals surface area contributed by atoms with E-state index in [1.165, 1.54) is 55.6 Å². The van der Waals surface area contributed by atoms with E-state index < -0.39 is 0 Å². The van der Waals surface area contributed by atoms with Gasteiger partial charge in [-0.1, -0.05) is 289 Å². The van der Waals surface area contributed by atoms with Crippen molar-refractivity contribution in [2.45, 2.75) is 0 Å². The van der Waals surface area contributed by atoms with Crippen LogP contribution in [0, 0.1) is 0 Å². The van der Waals surface area contributed by atoms with E-state index in [4.69, 9.17) is 0 Å². The summed E-state index contributed by atoms with van der Waals surface area (Å²) in [6, 6.07) is 108. The van der Waals surface area contributed by atoms with Crippen molar-refractivity contribution in [3.8, 4) is 122 Å². The molecule has 0 saturated heterocycles. The van der Waals surface area contributed by atoms with Gasteiger partial charge in [-0.3, -0.25) is 0 Å². The van der Waals surface area contributed by atoms with Crippen LogP contribution in [0.15, 0.2) is 302 Å². The summed E-state index contributed by atoms with van der Waals surface area (Å²) < 4.78 is 0.987. The molecule has 12 aromatic carbocycles. The van der Waals surface area contributed by atoms with Crippen LogP contribution in [0.25, 0.3) is 122 Å². The number of benzene rings is 12. The third-order valence-electron chi connectivity index (χ3n) is 13.9. The van der Waals surface area contributed by atoms with Crippen LogP contribution in [0.3, 0.4) is 0 Å². The Labute approximate surface area is 437 Å². The molecule has 1 heteroatoms. The minimum Gasteiger partial charge on any atom is -0.0622 e. The van der Waals surface area contributed by atoms with Crippen LogP contribution in [0.1, 0.15) is 0 Å². The first-order valence-electron chi connectivity index (χ1n) is 24.9. The highest BCUT2D eigenvalue weighted by Crippen LogP contribution is 2.57. The summed E-state index contributed by atoms with van der Waals surface area (Å²) in [6.45, 7) is 0. The lowest BCUT2D eigenvalue weighted by Gasteiger charge is -2.29. The first-order chi connectivity index (χ1) is 36.2. The van der Waals surface area contributed by atoms with E-state index in [1.807, 2.05) is 0 Å². The zero-order valence-electron chi connectivity index (χ0n) is 40.2. The number of hydrogen-bond acceptors (Lipinski definition) is 0. The zero-order chi connectivity index (χ0) is 48.9. The van der Waals surface area contributed by atoms with E-state index in [-0.39, 0.29) is 0 Å². The predicted octanol–water partition coefficient (Wildman–Crippen LogP) is 20.8. The van der Waals surface area contributed by atoms with Gasteiger partial charge in [0.2, 0.25) is 0 Å². The quantitative estimate of drug-likeness (QED) is 0.121. The molecule has 0 aliphatic carbocycles. The van der Waals surface area contributed by atoms with E-state index in [0.29, 0.717) is 0 Å². The summed E-state index contributed by atoms with van der Waals surface area (Å²) in [6.07, 6.45) is 0. The van der Waals surface area contributed by atoms with Gasteiger partial charge in [-0.15, -0.1) is 0 Å². The van der Waals surface area contributed by atoms with Crippen molar-refractivity contribution < 1.29 is 0 Å². The molecule has 0 radical (unpaired) electrons. The summed E-state index contributed by atoms with van der Waals surface area (Å²) >= 11 is 4.21.